The number of anilines is 2. The van der Waals surface area contributed by atoms with Gasteiger partial charge in [-0.25, -0.2) is 0 Å². The molecule has 0 aliphatic carbocycles. The van der Waals surface area contributed by atoms with Gasteiger partial charge in [0, 0.05) is 11.4 Å². The van der Waals surface area contributed by atoms with E-state index in [1.807, 2.05) is 0 Å². The predicted octanol–water partition coefficient (Wildman–Crippen LogP) is 6.95. The molecule has 0 amide bonds. The first-order valence-electron chi connectivity index (χ1n) is 8.89. The minimum atomic E-state index is 0.0934. The Morgan fingerprint density at radius 2 is 1.25 bits per heavy atom. The van der Waals surface area contributed by atoms with Gasteiger partial charge in [-0.1, -0.05) is 71.4 Å². The zero-order valence-corrected chi connectivity index (χ0v) is 16.9. The second kappa shape index (κ2) is 6.27. The Morgan fingerprint density at radius 3 is 1.71 bits per heavy atom. The number of benzene rings is 2. The van der Waals surface area contributed by atoms with E-state index in [0.29, 0.717) is 0 Å². The molecular weight excluding hydrogens is 290 g/mol. The van der Waals surface area contributed by atoms with Crippen molar-refractivity contribution in [1.82, 2.24) is 0 Å². The third kappa shape index (κ3) is 4.01. The smallest absolute Gasteiger partial charge is 0.0443 e. The monoisotopic (exact) mass is 323 g/mol. The summed E-state index contributed by atoms with van der Waals surface area (Å²) in [6, 6.07) is 11.4. The highest BCUT2D eigenvalue weighted by Crippen LogP contribution is 2.36. The molecule has 0 radical (unpaired) electrons. The van der Waals surface area contributed by atoms with E-state index < -0.39 is 0 Å². The molecule has 0 aliphatic rings. The van der Waals surface area contributed by atoms with Crippen molar-refractivity contribution in [3.63, 3.8) is 0 Å². The molecule has 24 heavy (non-hydrogen) atoms. The summed E-state index contributed by atoms with van der Waals surface area (Å²) in [7, 11) is 0. The second-order valence-corrected chi connectivity index (χ2v) is 9.16. The van der Waals surface area contributed by atoms with Crippen LogP contribution in [-0.2, 0) is 10.8 Å². The number of rotatable bonds is 2. The van der Waals surface area contributed by atoms with Gasteiger partial charge in [0.05, 0.1) is 0 Å². The van der Waals surface area contributed by atoms with Crippen LogP contribution in [0.15, 0.2) is 30.3 Å². The maximum Gasteiger partial charge on any atom is 0.0443 e. The van der Waals surface area contributed by atoms with E-state index in [0.717, 1.165) is 0 Å². The van der Waals surface area contributed by atoms with E-state index in [4.69, 9.17) is 0 Å². The molecule has 0 saturated carbocycles. The van der Waals surface area contributed by atoms with Crippen LogP contribution in [0.5, 0.6) is 0 Å². The molecule has 0 bridgehead atoms. The summed E-state index contributed by atoms with van der Waals surface area (Å²) in [6.07, 6.45) is 0. The minimum Gasteiger partial charge on any atom is -0.355 e. The Hall–Kier alpha value is -1.76. The molecule has 130 valence electrons. The van der Waals surface area contributed by atoms with Gasteiger partial charge in [0.15, 0.2) is 0 Å². The van der Waals surface area contributed by atoms with E-state index >= 15 is 0 Å². The van der Waals surface area contributed by atoms with E-state index in [2.05, 4.69) is 98.0 Å². The Labute approximate surface area is 148 Å². The molecule has 0 saturated heterocycles. The van der Waals surface area contributed by atoms with Crippen molar-refractivity contribution in [1.29, 1.82) is 0 Å². The number of aryl methyl sites for hydroxylation is 3. The first kappa shape index (κ1) is 18.6. The van der Waals surface area contributed by atoms with Crippen LogP contribution >= 0.6 is 0 Å². The van der Waals surface area contributed by atoms with Crippen molar-refractivity contribution in [3.8, 4) is 0 Å². The minimum absolute atomic E-state index is 0.0934. The molecule has 0 spiro atoms. The third-order valence-corrected chi connectivity index (χ3v) is 4.63. The molecule has 0 heterocycles. The van der Waals surface area contributed by atoms with Gasteiger partial charge in [-0.15, -0.1) is 0 Å². The zero-order valence-electron chi connectivity index (χ0n) is 16.9. The molecule has 0 atom stereocenters. The van der Waals surface area contributed by atoms with Crippen LogP contribution in [0, 0.1) is 20.8 Å². The fourth-order valence-electron chi connectivity index (χ4n) is 3.25. The summed E-state index contributed by atoms with van der Waals surface area (Å²) >= 11 is 0. The van der Waals surface area contributed by atoms with Crippen LogP contribution in [0.3, 0.4) is 0 Å². The Kier molecular flexibility index (Phi) is 4.86. The highest BCUT2D eigenvalue weighted by Gasteiger charge is 2.22. The normalized spacial score (nSPS) is 12.4. The molecule has 2 aromatic carbocycles. The van der Waals surface area contributed by atoms with Crippen LogP contribution in [0.4, 0.5) is 11.4 Å². The average Bonchev–Trinajstić information content (AvgIpc) is 2.40. The largest absolute Gasteiger partial charge is 0.355 e. The topological polar surface area (TPSA) is 12.0 Å². The lowest BCUT2D eigenvalue weighted by Crippen LogP contribution is -2.18. The molecule has 1 nitrogen and oxygen atoms in total. The first-order chi connectivity index (χ1) is 10.9. The van der Waals surface area contributed by atoms with Crippen molar-refractivity contribution in [2.24, 2.45) is 0 Å². The Morgan fingerprint density at radius 1 is 0.708 bits per heavy atom. The van der Waals surface area contributed by atoms with Gasteiger partial charge in [0.2, 0.25) is 0 Å². The average molecular weight is 324 g/mol. The van der Waals surface area contributed by atoms with Gasteiger partial charge >= 0.3 is 0 Å². The SMILES string of the molecule is Cc1cc(C)c(Nc2ccc(C(C)(C)C)cc2C(C)(C)C)c(C)c1. The lowest BCUT2D eigenvalue weighted by atomic mass is 9.80. The molecular formula is C23H33N. The van der Waals surface area contributed by atoms with Gasteiger partial charge in [0.25, 0.3) is 0 Å². The number of nitrogens with one attached hydrogen (secondary N) is 1. The fraction of sp³-hybridized carbons (Fsp3) is 0.478. The maximum absolute atomic E-state index is 3.72. The lowest BCUT2D eigenvalue weighted by molar-refractivity contribution is 0.570. The van der Waals surface area contributed by atoms with Crippen LogP contribution in [0.25, 0.3) is 0 Å². The van der Waals surface area contributed by atoms with Crippen molar-refractivity contribution < 1.29 is 0 Å². The van der Waals surface area contributed by atoms with Crippen molar-refractivity contribution in [3.05, 3.63) is 58.1 Å². The standard InChI is InChI=1S/C23H33N/c1-15-12-16(2)21(17(3)13-15)24-20-11-10-18(22(4,5)6)14-19(20)23(7,8)9/h10-14,24H,1-9H3. The summed E-state index contributed by atoms with van der Waals surface area (Å²) in [4.78, 5) is 0. The molecule has 2 rings (SSSR count). The van der Waals surface area contributed by atoms with E-state index in [1.165, 1.54) is 39.2 Å². The highest BCUT2D eigenvalue weighted by molar-refractivity contribution is 5.70. The number of hydrogen-bond acceptors (Lipinski definition) is 1. The Bertz CT molecular complexity index is 717. The van der Waals surface area contributed by atoms with Gasteiger partial charge in [0.1, 0.15) is 0 Å². The number of hydrogen-bond donors (Lipinski definition) is 1. The quantitative estimate of drug-likeness (QED) is 0.630. The summed E-state index contributed by atoms with van der Waals surface area (Å²) in [5.41, 5.74) is 9.36. The molecule has 0 aliphatic heterocycles. The third-order valence-electron chi connectivity index (χ3n) is 4.63. The molecule has 0 unspecified atom stereocenters. The molecule has 0 aromatic heterocycles. The predicted molar refractivity (Wildman–Crippen MR) is 108 cm³/mol. The molecule has 1 N–H and O–H groups in total. The summed E-state index contributed by atoms with van der Waals surface area (Å²) in [5.74, 6) is 0. The summed E-state index contributed by atoms with van der Waals surface area (Å²) in [5, 5.41) is 3.72. The summed E-state index contributed by atoms with van der Waals surface area (Å²) in [6.45, 7) is 20.2. The van der Waals surface area contributed by atoms with Gasteiger partial charge in [-0.2, -0.15) is 0 Å². The lowest BCUT2D eigenvalue weighted by Gasteiger charge is -2.28. The fourth-order valence-corrected chi connectivity index (χ4v) is 3.25. The maximum atomic E-state index is 3.72. The van der Waals surface area contributed by atoms with Crippen molar-refractivity contribution in [2.75, 3.05) is 5.32 Å². The molecule has 2 aromatic rings. The highest BCUT2D eigenvalue weighted by atomic mass is 14.9. The van der Waals surface area contributed by atoms with Crippen LogP contribution in [0.2, 0.25) is 0 Å². The Balaban J connectivity index is 2.55. The van der Waals surface area contributed by atoms with Crippen LogP contribution < -0.4 is 5.32 Å². The van der Waals surface area contributed by atoms with E-state index in [-0.39, 0.29) is 10.8 Å². The molecule has 0 fully saturated rings. The van der Waals surface area contributed by atoms with Crippen molar-refractivity contribution >= 4 is 11.4 Å². The van der Waals surface area contributed by atoms with E-state index in [1.54, 1.807) is 0 Å². The summed E-state index contributed by atoms with van der Waals surface area (Å²) < 4.78 is 0. The van der Waals surface area contributed by atoms with Crippen LogP contribution in [0.1, 0.15) is 69.4 Å². The zero-order chi connectivity index (χ0) is 18.3. The van der Waals surface area contributed by atoms with Crippen LogP contribution in [-0.4, -0.2) is 0 Å². The van der Waals surface area contributed by atoms with Gasteiger partial charge in [-0.3, -0.25) is 0 Å². The second-order valence-electron chi connectivity index (χ2n) is 9.16. The van der Waals surface area contributed by atoms with Crippen molar-refractivity contribution in [2.45, 2.75) is 73.1 Å². The molecule has 1 heteroatoms. The van der Waals surface area contributed by atoms with Gasteiger partial charge < -0.3 is 5.32 Å². The van der Waals surface area contributed by atoms with E-state index in [9.17, 15) is 0 Å². The first-order valence-corrected chi connectivity index (χ1v) is 8.89. The van der Waals surface area contributed by atoms with Gasteiger partial charge in [-0.05, 0) is 59.9 Å².